The standard InChI is InChI=1S/C22H34N2O2/c1-17-5-7-20(8-6-17)23-13-9-18(10-14-23)19-11-15-24(16-12-19)21(25)26-22(2,3)4/h5-8,18-19H,9-16H2,1-4H3. The van der Waals surface area contributed by atoms with E-state index in [1.54, 1.807) is 0 Å². The minimum Gasteiger partial charge on any atom is -0.444 e. The Hall–Kier alpha value is -1.71. The number of amides is 1. The molecule has 2 aliphatic rings. The van der Waals surface area contributed by atoms with Crippen LogP contribution in [0.4, 0.5) is 10.5 Å². The summed E-state index contributed by atoms with van der Waals surface area (Å²) in [6.07, 6.45) is 4.63. The van der Waals surface area contributed by atoms with Gasteiger partial charge in [-0.05, 0) is 77.3 Å². The minimum absolute atomic E-state index is 0.148. The lowest BCUT2D eigenvalue weighted by molar-refractivity contribution is 0.0152. The van der Waals surface area contributed by atoms with Crippen molar-refractivity contribution in [3.63, 3.8) is 0 Å². The van der Waals surface area contributed by atoms with Gasteiger partial charge in [-0.1, -0.05) is 17.7 Å². The number of carbonyl (C=O) groups excluding carboxylic acids is 1. The number of aryl methyl sites for hydroxylation is 1. The largest absolute Gasteiger partial charge is 0.444 e. The number of anilines is 1. The Balaban J connectivity index is 1.45. The van der Waals surface area contributed by atoms with Crippen LogP contribution >= 0.6 is 0 Å². The quantitative estimate of drug-likeness (QED) is 0.757. The van der Waals surface area contributed by atoms with E-state index in [0.29, 0.717) is 0 Å². The second-order valence-electron chi connectivity index (χ2n) is 8.96. The van der Waals surface area contributed by atoms with Crippen LogP contribution in [0.3, 0.4) is 0 Å². The molecule has 3 rings (SSSR count). The first-order chi connectivity index (χ1) is 12.3. The fraction of sp³-hybridized carbons (Fsp3) is 0.682. The third-order valence-electron chi connectivity index (χ3n) is 5.80. The lowest BCUT2D eigenvalue weighted by atomic mass is 9.79. The van der Waals surface area contributed by atoms with Crippen LogP contribution in [0.2, 0.25) is 0 Å². The van der Waals surface area contributed by atoms with Gasteiger partial charge in [-0.3, -0.25) is 0 Å². The number of ether oxygens (including phenoxy) is 1. The van der Waals surface area contributed by atoms with Gasteiger partial charge < -0.3 is 14.5 Å². The summed E-state index contributed by atoms with van der Waals surface area (Å²) < 4.78 is 5.51. The van der Waals surface area contributed by atoms with E-state index in [2.05, 4.69) is 36.1 Å². The molecule has 2 heterocycles. The van der Waals surface area contributed by atoms with Crippen molar-refractivity contribution >= 4 is 11.8 Å². The average molecular weight is 359 g/mol. The third-order valence-corrected chi connectivity index (χ3v) is 5.80. The van der Waals surface area contributed by atoms with E-state index in [1.807, 2.05) is 25.7 Å². The molecule has 1 amide bonds. The summed E-state index contributed by atoms with van der Waals surface area (Å²) in [4.78, 5) is 16.6. The van der Waals surface area contributed by atoms with E-state index in [4.69, 9.17) is 4.74 Å². The van der Waals surface area contributed by atoms with Gasteiger partial charge in [-0.2, -0.15) is 0 Å². The Bertz CT molecular complexity index is 590. The number of rotatable bonds is 2. The summed E-state index contributed by atoms with van der Waals surface area (Å²) in [5.41, 5.74) is 2.27. The van der Waals surface area contributed by atoms with Gasteiger partial charge in [0.2, 0.25) is 0 Å². The van der Waals surface area contributed by atoms with Gasteiger partial charge in [0.1, 0.15) is 5.60 Å². The number of benzene rings is 1. The van der Waals surface area contributed by atoms with Crippen LogP contribution in [0.15, 0.2) is 24.3 Å². The van der Waals surface area contributed by atoms with Gasteiger partial charge in [0.05, 0.1) is 0 Å². The van der Waals surface area contributed by atoms with Crippen molar-refractivity contribution < 1.29 is 9.53 Å². The van der Waals surface area contributed by atoms with Crippen molar-refractivity contribution in [2.75, 3.05) is 31.1 Å². The van der Waals surface area contributed by atoms with E-state index >= 15 is 0 Å². The maximum atomic E-state index is 12.2. The van der Waals surface area contributed by atoms with Gasteiger partial charge in [0.15, 0.2) is 0 Å². The first kappa shape index (κ1) is 19.1. The number of hydrogen-bond acceptors (Lipinski definition) is 3. The molecule has 4 nitrogen and oxygen atoms in total. The highest BCUT2D eigenvalue weighted by atomic mass is 16.6. The predicted octanol–water partition coefficient (Wildman–Crippen LogP) is 4.86. The van der Waals surface area contributed by atoms with Crippen molar-refractivity contribution in [2.45, 2.75) is 59.0 Å². The lowest BCUT2D eigenvalue weighted by Gasteiger charge is -2.41. The topological polar surface area (TPSA) is 32.8 Å². The molecular formula is C22H34N2O2. The molecule has 0 radical (unpaired) electrons. The average Bonchev–Trinajstić information content (AvgIpc) is 2.61. The fourth-order valence-corrected chi connectivity index (χ4v) is 4.26. The summed E-state index contributed by atoms with van der Waals surface area (Å²) in [5.74, 6) is 1.56. The molecule has 26 heavy (non-hydrogen) atoms. The molecular weight excluding hydrogens is 324 g/mol. The smallest absolute Gasteiger partial charge is 0.410 e. The Morgan fingerprint density at radius 2 is 1.42 bits per heavy atom. The van der Waals surface area contributed by atoms with Crippen LogP contribution in [0.5, 0.6) is 0 Å². The monoisotopic (exact) mass is 358 g/mol. The van der Waals surface area contributed by atoms with Crippen LogP contribution < -0.4 is 4.90 Å². The molecule has 2 aliphatic heterocycles. The zero-order valence-electron chi connectivity index (χ0n) is 16.8. The number of likely N-dealkylation sites (tertiary alicyclic amines) is 1. The summed E-state index contributed by atoms with van der Waals surface area (Å²) in [7, 11) is 0. The van der Waals surface area contributed by atoms with Crippen molar-refractivity contribution in [1.29, 1.82) is 0 Å². The van der Waals surface area contributed by atoms with E-state index in [1.165, 1.54) is 24.1 Å². The Kier molecular flexibility index (Phi) is 5.79. The van der Waals surface area contributed by atoms with E-state index in [0.717, 1.165) is 50.9 Å². The lowest BCUT2D eigenvalue weighted by Crippen LogP contribution is -2.44. The summed E-state index contributed by atoms with van der Waals surface area (Å²) >= 11 is 0. The second-order valence-corrected chi connectivity index (χ2v) is 8.96. The molecule has 2 saturated heterocycles. The Morgan fingerprint density at radius 3 is 1.92 bits per heavy atom. The van der Waals surface area contributed by atoms with Crippen LogP contribution in [0.25, 0.3) is 0 Å². The number of piperidine rings is 2. The van der Waals surface area contributed by atoms with E-state index in [-0.39, 0.29) is 6.09 Å². The van der Waals surface area contributed by atoms with Gasteiger partial charge in [-0.15, -0.1) is 0 Å². The molecule has 2 fully saturated rings. The second kappa shape index (κ2) is 7.89. The van der Waals surface area contributed by atoms with Crippen LogP contribution in [0, 0.1) is 18.8 Å². The number of nitrogens with zero attached hydrogens (tertiary/aromatic N) is 2. The Morgan fingerprint density at radius 1 is 0.923 bits per heavy atom. The molecule has 0 aliphatic carbocycles. The first-order valence-electron chi connectivity index (χ1n) is 10.1. The van der Waals surface area contributed by atoms with Crippen LogP contribution in [-0.2, 0) is 4.74 Å². The molecule has 0 saturated carbocycles. The van der Waals surface area contributed by atoms with Crippen molar-refractivity contribution in [3.8, 4) is 0 Å². The molecule has 0 spiro atoms. The molecule has 0 aromatic heterocycles. The highest BCUT2D eigenvalue weighted by Gasteiger charge is 2.32. The summed E-state index contributed by atoms with van der Waals surface area (Å²) in [6, 6.07) is 8.89. The summed E-state index contributed by atoms with van der Waals surface area (Å²) in [6.45, 7) is 11.9. The molecule has 0 bridgehead atoms. The molecule has 1 aromatic carbocycles. The van der Waals surface area contributed by atoms with E-state index in [9.17, 15) is 4.79 Å². The van der Waals surface area contributed by atoms with Gasteiger partial charge >= 0.3 is 6.09 Å². The molecule has 4 heteroatoms. The zero-order chi connectivity index (χ0) is 18.7. The van der Waals surface area contributed by atoms with Gasteiger partial charge in [-0.25, -0.2) is 4.79 Å². The van der Waals surface area contributed by atoms with Crippen molar-refractivity contribution in [2.24, 2.45) is 11.8 Å². The van der Waals surface area contributed by atoms with Gasteiger partial charge in [0.25, 0.3) is 0 Å². The molecule has 0 atom stereocenters. The third kappa shape index (κ3) is 4.93. The predicted molar refractivity (Wildman–Crippen MR) is 107 cm³/mol. The normalized spacial score (nSPS) is 20.3. The maximum absolute atomic E-state index is 12.2. The molecule has 0 N–H and O–H groups in total. The molecule has 144 valence electrons. The molecule has 0 unspecified atom stereocenters. The zero-order valence-corrected chi connectivity index (χ0v) is 16.8. The van der Waals surface area contributed by atoms with Crippen LogP contribution in [0.1, 0.15) is 52.0 Å². The highest BCUT2D eigenvalue weighted by Crippen LogP contribution is 2.34. The van der Waals surface area contributed by atoms with E-state index < -0.39 is 5.60 Å². The molecule has 1 aromatic rings. The number of carbonyl (C=O) groups is 1. The van der Waals surface area contributed by atoms with Gasteiger partial charge in [0, 0.05) is 31.9 Å². The fourth-order valence-electron chi connectivity index (χ4n) is 4.26. The SMILES string of the molecule is Cc1ccc(N2CCC(C3CCN(C(=O)OC(C)(C)C)CC3)CC2)cc1. The summed E-state index contributed by atoms with van der Waals surface area (Å²) in [5, 5.41) is 0. The minimum atomic E-state index is -0.406. The maximum Gasteiger partial charge on any atom is 0.410 e. The van der Waals surface area contributed by atoms with Crippen molar-refractivity contribution in [1.82, 2.24) is 4.90 Å². The first-order valence-corrected chi connectivity index (χ1v) is 10.1. The van der Waals surface area contributed by atoms with Crippen LogP contribution in [-0.4, -0.2) is 42.8 Å². The Labute approximate surface area is 158 Å². The number of hydrogen-bond donors (Lipinski definition) is 0. The van der Waals surface area contributed by atoms with Crippen molar-refractivity contribution in [3.05, 3.63) is 29.8 Å². The highest BCUT2D eigenvalue weighted by molar-refractivity contribution is 5.68.